The summed E-state index contributed by atoms with van der Waals surface area (Å²) in [6.07, 6.45) is 5.03. The molecule has 2 fully saturated rings. The third-order valence-electron chi connectivity index (χ3n) is 3.59. The lowest BCUT2D eigenvalue weighted by Gasteiger charge is -2.30. The molecule has 90 valence electrons. The Hall–Kier alpha value is -0.290. The van der Waals surface area contributed by atoms with Crippen molar-refractivity contribution < 1.29 is 4.79 Å². The first-order chi connectivity index (χ1) is 7.64. The number of amides is 1. The molecule has 1 saturated heterocycles. The van der Waals surface area contributed by atoms with Gasteiger partial charge in [0.15, 0.2) is 0 Å². The molecule has 16 heavy (non-hydrogen) atoms. The van der Waals surface area contributed by atoms with Gasteiger partial charge in [0.05, 0.1) is 10.5 Å². The highest BCUT2D eigenvalue weighted by Gasteiger charge is 2.39. The molecule has 2 rings (SSSR count). The second-order valence-electron chi connectivity index (χ2n) is 4.70. The highest BCUT2D eigenvalue weighted by atomic mass is 32.2. The van der Waals surface area contributed by atoms with Crippen LogP contribution in [-0.4, -0.2) is 27.9 Å². The Bertz CT molecular complexity index is 294. The number of nitrogens with one attached hydrogen (secondary N) is 1. The van der Waals surface area contributed by atoms with Crippen molar-refractivity contribution in [1.82, 2.24) is 5.32 Å². The topological polar surface area (TPSA) is 55.1 Å². The standard InChI is InChI=1S/C11H18N2OS2/c12-10(15)11(4-1-2-5-11)13-9(14)8-3-6-16-7-8/h8H,1-7H2,(H2,12,15)(H,13,14). The number of thioether (sulfide) groups is 1. The van der Waals surface area contributed by atoms with Gasteiger partial charge in [-0.1, -0.05) is 25.1 Å². The van der Waals surface area contributed by atoms with Crippen LogP contribution < -0.4 is 11.1 Å². The third-order valence-corrected chi connectivity index (χ3v) is 5.14. The Balaban J connectivity index is 2.00. The Kier molecular flexibility index (Phi) is 3.74. The molecule has 0 spiro atoms. The molecule has 0 aromatic rings. The highest BCUT2D eigenvalue weighted by molar-refractivity contribution is 7.99. The van der Waals surface area contributed by atoms with Crippen LogP contribution in [0.5, 0.6) is 0 Å². The SMILES string of the molecule is NC(=S)C1(NC(=O)C2CCSC2)CCCC1. The summed E-state index contributed by atoms with van der Waals surface area (Å²) in [5.74, 6) is 2.36. The smallest absolute Gasteiger partial charge is 0.224 e. The van der Waals surface area contributed by atoms with Gasteiger partial charge in [-0.25, -0.2) is 0 Å². The molecular formula is C11H18N2OS2. The van der Waals surface area contributed by atoms with E-state index in [4.69, 9.17) is 18.0 Å². The quantitative estimate of drug-likeness (QED) is 0.753. The molecule has 0 aromatic carbocycles. The van der Waals surface area contributed by atoms with Crippen LogP contribution in [0.4, 0.5) is 0 Å². The van der Waals surface area contributed by atoms with E-state index in [-0.39, 0.29) is 17.4 Å². The maximum atomic E-state index is 12.1. The van der Waals surface area contributed by atoms with Gasteiger partial charge in [-0.05, 0) is 25.0 Å². The average Bonchev–Trinajstić information content (AvgIpc) is 2.88. The Morgan fingerprint density at radius 3 is 2.62 bits per heavy atom. The van der Waals surface area contributed by atoms with Crippen LogP contribution in [0, 0.1) is 5.92 Å². The van der Waals surface area contributed by atoms with Crippen molar-refractivity contribution in [3.05, 3.63) is 0 Å². The largest absolute Gasteiger partial charge is 0.391 e. The fourth-order valence-corrected chi connectivity index (χ4v) is 3.97. The summed E-state index contributed by atoms with van der Waals surface area (Å²) in [6, 6.07) is 0. The van der Waals surface area contributed by atoms with Crippen LogP contribution in [0.3, 0.4) is 0 Å². The van der Waals surface area contributed by atoms with Gasteiger partial charge >= 0.3 is 0 Å². The van der Waals surface area contributed by atoms with E-state index in [1.165, 1.54) is 0 Å². The molecule has 5 heteroatoms. The van der Waals surface area contributed by atoms with Crippen LogP contribution in [0.2, 0.25) is 0 Å². The maximum Gasteiger partial charge on any atom is 0.224 e. The first-order valence-corrected chi connectivity index (χ1v) is 7.40. The van der Waals surface area contributed by atoms with E-state index < -0.39 is 0 Å². The lowest BCUT2D eigenvalue weighted by molar-refractivity contribution is -0.125. The Morgan fingerprint density at radius 1 is 1.44 bits per heavy atom. The predicted octanol–water partition coefficient (Wildman–Crippen LogP) is 1.45. The number of carbonyl (C=O) groups is 1. The molecule has 3 nitrogen and oxygen atoms in total. The van der Waals surface area contributed by atoms with Crippen LogP contribution in [0.1, 0.15) is 32.1 Å². The zero-order valence-corrected chi connectivity index (χ0v) is 11.0. The van der Waals surface area contributed by atoms with Crippen LogP contribution in [0.25, 0.3) is 0 Å². The van der Waals surface area contributed by atoms with Gasteiger partial charge in [0, 0.05) is 11.7 Å². The molecule has 1 aliphatic carbocycles. The highest BCUT2D eigenvalue weighted by Crippen LogP contribution is 2.31. The van der Waals surface area contributed by atoms with Crippen LogP contribution in [-0.2, 0) is 4.79 Å². The molecule has 1 amide bonds. The zero-order chi connectivity index (χ0) is 11.6. The van der Waals surface area contributed by atoms with E-state index in [0.29, 0.717) is 4.99 Å². The molecule has 1 atom stereocenters. The van der Waals surface area contributed by atoms with E-state index in [1.807, 2.05) is 11.8 Å². The zero-order valence-electron chi connectivity index (χ0n) is 9.33. The van der Waals surface area contributed by atoms with Gasteiger partial charge in [0.1, 0.15) is 0 Å². The second kappa shape index (κ2) is 4.92. The van der Waals surface area contributed by atoms with Crippen molar-refractivity contribution in [3.8, 4) is 0 Å². The monoisotopic (exact) mass is 258 g/mol. The summed E-state index contributed by atoms with van der Waals surface area (Å²) in [7, 11) is 0. The van der Waals surface area contributed by atoms with E-state index in [0.717, 1.165) is 43.6 Å². The van der Waals surface area contributed by atoms with Gasteiger partial charge in [-0.3, -0.25) is 4.79 Å². The van der Waals surface area contributed by atoms with Crippen molar-refractivity contribution in [3.63, 3.8) is 0 Å². The van der Waals surface area contributed by atoms with Gasteiger partial charge in [0.2, 0.25) is 5.91 Å². The molecule has 2 aliphatic rings. The molecule has 0 bridgehead atoms. The summed E-state index contributed by atoms with van der Waals surface area (Å²) < 4.78 is 0. The van der Waals surface area contributed by atoms with Crippen molar-refractivity contribution in [2.24, 2.45) is 11.7 Å². The molecule has 1 heterocycles. The predicted molar refractivity (Wildman–Crippen MR) is 71.6 cm³/mol. The lowest BCUT2D eigenvalue weighted by Crippen LogP contribution is -2.56. The number of nitrogens with two attached hydrogens (primary N) is 1. The number of carbonyl (C=O) groups excluding carboxylic acids is 1. The number of thiocarbonyl (C=S) groups is 1. The molecular weight excluding hydrogens is 240 g/mol. The van der Waals surface area contributed by atoms with Gasteiger partial charge in [0.25, 0.3) is 0 Å². The van der Waals surface area contributed by atoms with Crippen molar-refractivity contribution in [2.75, 3.05) is 11.5 Å². The van der Waals surface area contributed by atoms with E-state index in [2.05, 4.69) is 5.32 Å². The third kappa shape index (κ3) is 2.35. The first kappa shape index (κ1) is 12.2. The van der Waals surface area contributed by atoms with Crippen LogP contribution in [0.15, 0.2) is 0 Å². The van der Waals surface area contributed by atoms with Gasteiger partial charge < -0.3 is 11.1 Å². The van der Waals surface area contributed by atoms with Gasteiger partial charge in [-0.15, -0.1) is 0 Å². The summed E-state index contributed by atoms with van der Waals surface area (Å²) >= 11 is 6.97. The fraction of sp³-hybridized carbons (Fsp3) is 0.818. The van der Waals surface area contributed by atoms with E-state index >= 15 is 0 Å². The van der Waals surface area contributed by atoms with Crippen molar-refractivity contribution in [2.45, 2.75) is 37.6 Å². The van der Waals surface area contributed by atoms with Crippen molar-refractivity contribution in [1.29, 1.82) is 0 Å². The minimum absolute atomic E-state index is 0.153. The number of hydrogen-bond donors (Lipinski definition) is 2. The molecule has 3 N–H and O–H groups in total. The van der Waals surface area contributed by atoms with E-state index in [9.17, 15) is 4.79 Å². The minimum atomic E-state index is -0.375. The molecule has 0 aromatic heterocycles. The molecule has 1 unspecified atom stereocenters. The average molecular weight is 258 g/mol. The lowest BCUT2D eigenvalue weighted by atomic mass is 9.96. The Morgan fingerprint density at radius 2 is 2.12 bits per heavy atom. The summed E-state index contributed by atoms with van der Waals surface area (Å²) in [4.78, 5) is 12.5. The van der Waals surface area contributed by atoms with Crippen LogP contribution >= 0.6 is 24.0 Å². The molecule has 1 saturated carbocycles. The Labute approximate surface area is 106 Å². The summed E-state index contributed by atoms with van der Waals surface area (Å²) in [5.41, 5.74) is 5.42. The number of hydrogen-bond acceptors (Lipinski definition) is 3. The van der Waals surface area contributed by atoms with E-state index in [1.54, 1.807) is 0 Å². The molecule has 0 radical (unpaired) electrons. The second-order valence-corrected chi connectivity index (χ2v) is 6.29. The minimum Gasteiger partial charge on any atom is -0.391 e. The first-order valence-electron chi connectivity index (χ1n) is 5.84. The summed E-state index contributed by atoms with van der Waals surface area (Å²) in [6.45, 7) is 0. The summed E-state index contributed by atoms with van der Waals surface area (Å²) in [5, 5.41) is 3.12. The fourth-order valence-electron chi connectivity index (χ4n) is 2.49. The maximum absolute atomic E-state index is 12.1. The van der Waals surface area contributed by atoms with Crippen molar-refractivity contribution >= 4 is 34.9 Å². The number of rotatable bonds is 3. The molecule has 1 aliphatic heterocycles. The normalized spacial score (nSPS) is 27.9. The van der Waals surface area contributed by atoms with Gasteiger partial charge in [-0.2, -0.15) is 11.8 Å².